The highest BCUT2D eigenvalue weighted by Crippen LogP contribution is 1.86. The number of nitrogens with one attached hydrogen (secondary N) is 1. The minimum atomic E-state index is -0.0195. The molecule has 0 aliphatic rings. The number of carbonyl (C=O) groups is 1. The summed E-state index contributed by atoms with van der Waals surface area (Å²) in [6.45, 7) is 7.23. The van der Waals surface area contributed by atoms with Gasteiger partial charge in [0.25, 0.3) is 0 Å². The number of hydrogen-bond acceptors (Lipinski definition) is 2. The zero-order valence-electron chi connectivity index (χ0n) is 7.23. The molecule has 0 atom stereocenters. The topological polar surface area (TPSA) is 38.3 Å². The highest BCUT2D eigenvalue weighted by molar-refractivity contribution is 9.09. The molecular formula is C8H14BrNO2. The number of halogens is 1. The van der Waals surface area contributed by atoms with Crippen LogP contribution in [-0.4, -0.2) is 31.0 Å². The number of amides is 1. The van der Waals surface area contributed by atoms with Gasteiger partial charge in [0.2, 0.25) is 5.91 Å². The third-order valence-electron chi connectivity index (χ3n) is 1.04. The molecule has 0 saturated heterocycles. The van der Waals surface area contributed by atoms with Crippen molar-refractivity contribution in [2.45, 2.75) is 6.92 Å². The molecule has 0 rings (SSSR count). The van der Waals surface area contributed by atoms with Crippen LogP contribution in [0.4, 0.5) is 0 Å². The van der Waals surface area contributed by atoms with Gasteiger partial charge in [-0.15, -0.1) is 0 Å². The van der Waals surface area contributed by atoms with Gasteiger partial charge in [0.15, 0.2) is 0 Å². The van der Waals surface area contributed by atoms with Crippen molar-refractivity contribution in [2.24, 2.45) is 0 Å². The normalized spacial score (nSPS) is 9.50. The van der Waals surface area contributed by atoms with Crippen LogP contribution < -0.4 is 5.32 Å². The zero-order chi connectivity index (χ0) is 9.40. The van der Waals surface area contributed by atoms with Crippen LogP contribution in [0.2, 0.25) is 0 Å². The Morgan fingerprint density at radius 2 is 2.33 bits per heavy atom. The van der Waals surface area contributed by atoms with E-state index in [9.17, 15) is 4.79 Å². The van der Waals surface area contributed by atoms with Crippen molar-refractivity contribution < 1.29 is 9.53 Å². The van der Waals surface area contributed by atoms with Gasteiger partial charge in [-0.25, -0.2) is 0 Å². The summed E-state index contributed by atoms with van der Waals surface area (Å²) in [4.78, 5) is 10.7. The molecule has 12 heavy (non-hydrogen) atoms. The van der Waals surface area contributed by atoms with Gasteiger partial charge in [0.1, 0.15) is 0 Å². The maximum atomic E-state index is 10.7. The Hall–Kier alpha value is -0.350. The Bertz CT molecular complexity index is 159. The van der Waals surface area contributed by atoms with E-state index < -0.39 is 0 Å². The van der Waals surface area contributed by atoms with Crippen LogP contribution in [0.1, 0.15) is 6.92 Å². The monoisotopic (exact) mass is 235 g/mol. The molecule has 0 saturated carbocycles. The zero-order valence-corrected chi connectivity index (χ0v) is 8.82. The van der Waals surface area contributed by atoms with Crippen LogP contribution in [0.15, 0.2) is 12.2 Å². The van der Waals surface area contributed by atoms with E-state index in [1.165, 1.54) is 0 Å². The van der Waals surface area contributed by atoms with Crippen molar-refractivity contribution in [3.63, 3.8) is 0 Å². The van der Waals surface area contributed by atoms with Crippen LogP contribution in [0, 0.1) is 0 Å². The quantitative estimate of drug-likeness (QED) is 0.426. The molecule has 1 N–H and O–H groups in total. The highest BCUT2D eigenvalue weighted by atomic mass is 79.9. The molecule has 0 unspecified atom stereocenters. The molecule has 0 radical (unpaired) electrons. The first kappa shape index (κ1) is 11.6. The van der Waals surface area contributed by atoms with Gasteiger partial charge in [0, 0.05) is 6.54 Å². The molecule has 3 nitrogen and oxygen atoms in total. The van der Waals surface area contributed by atoms with E-state index in [1.54, 1.807) is 0 Å². The fourth-order valence-electron chi connectivity index (χ4n) is 0.556. The summed E-state index contributed by atoms with van der Waals surface area (Å²) < 4.78 is 5.16. The van der Waals surface area contributed by atoms with Gasteiger partial charge in [0.05, 0.1) is 18.5 Å². The first-order chi connectivity index (χ1) is 5.66. The molecule has 0 aromatic heterocycles. The first-order valence-corrected chi connectivity index (χ1v) is 4.83. The number of ether oxygens (including phenoxy) is 1. The second-order valence-electron chi connectivity index (χ2n) is 2.49. The van der Waals surface area contributed by atoms with Crippen LogP contribution in [0.25, 0.3) is 0 Å². The average Bonchev–Trinajstić information content (AvgIpc) is 2.03. The second-order valence-corrected chi connectivity index (χ2v) is 3.05. The Balaban J connectivity index is 3.11. The molecule has 0 aromatic rings. The van der Waals surface area contributed by atoms with Gasteiger partial charge < -0.3 is 10.1 Å². The summed E-state index contributed by atoms with van der Waals surface area (Å²) >= 11 is 3.04. The van der Waals surface area contributed by atoms with E-state index in [2.05, 4.69) is 27.8 Å². The van der Waals surface area contributed by atoms with Crippen LogP contribution in [0.5, 0.6) is 0 Å². The minimum Gasteiger partial charge on any atom is -0.375 e. The molecule has 0 heterocycles. The van der Waals surface area contributed by atoms with Crippen molar-refractivity contribution >= 4 is 21.8 Å². The molecule has 0 aromatic carbocycles. The van der Waals surface area contributed by atoms with Crippen molar-refractivity contribution in [2.75, 3.05) is 25.1 Å². The van der Waals surface area contributed by atoms with Gasteiger partial charge >= 0.3 is 0 Å². The lowest BCUT2D eigenvalue weighted by atomic mass is 10.4. The number of hydrogen-bond donors (Lipinski definition) is 1. The van der Waals surface area contributed by atoms with Crippen LogP contribution in [0.3, 0.4) is 0 Å². The lowest BCUT2D eigenvalue weighted by molar-refractivity contribution is -0.118. The number of carbonyl (C=O) groups excluding carboxylic acids is 1. The molecule has 0 aliphatic heterocycles. The van der Waals surface area contributed by atoms with E-state index in [4.69, 9.17) is 4.74 Å². The van der Waals surface area contributed by atoms with Crippen molar-refractivity contribution in [1.29, 1.82) is 0 Å². The minimum absolute atomic E-state index is 0.0195. The van der Waals surface area contributed by atoms with Crippen LogP contribution in [-0.2, 0) is 9.53 Å². The first-order valence-electron chi connectivity index (χ1n) is 3.71. The van der Waals surface area contributed by atoms with E-state index in [0.29, 0.717) is 25.1 Å². The summed E-state index contributed by atoms with van der Waals surface area (Å²) in [6, 6.07) is 0. The third-order valence-corrected chi connectivity index (χ3v) is 1.55. The fraction of sp³-hybridized carbons (Fsp3) is 0.625. The SMILES string of the molecule is C=C(C)COCCNC(=O)CBr. The molecule has 0 fully saturated rings. The lowest BCUT2D eigenvalue weighted by Crippen LogP contribution is -2.28. The summed E-state index contributed by atoms with van der Waals surface area (Å²) in [6.07, 6.45) is 0. The number of alkyl halides is 1. The average molecular weight is 236 g/mol. The Kier molecular flexibility index (Phi) is 7.09. The van der Waals surface area contributed by atoms with Crippen LogP contribution >= 0.6 is 15.9 Å². The molecule has 0 bridgehead atoms. The summed E-state index contributed by atoms with van der Waals surface area (Å²) in [5.74, 6) is -0.0195. The molecule has 4 heteroatoms. The predicted molar refractivity (Wildman–Crippen MR) is 52.4 cm³/mol. The van der Waals surface area contributed by atoms with Gasteiger partial charge in [-0.05, 0) is 6.92 Å². The van der Waals surface area contributed by atoms with E-state index in [1.807, 2.05) is 6.92 Å². The molecule has 70 valence electrons. The molecule has 0 spiro atoms. The maximum Gasteiger partial charge on any atom is 0.230 e. The standard InChI is InChI=1S/C8H14BrNO2/c1-7(2)6-12-4-3-10-8(11)5-9/h1,3-6H2,2H3,(H,10,11). The highest BCUT2D eigenvalue weighted by Gasteiger charge is 1.95. The van der Waals surface area contributed by atoms with Crippen molar-refractivity contribution in [3.05, 3.63) is 12.2 Å². The smallest absolute Gasteiger partial charge is 0.230 e. The second kappa shape index (κ2) is 7.31. The Morgan fingerprint density at radius 3 is 2.83 bits per heavy atom. The van der Waals surface area contributed by atoms with E-state index >= 15 is 0 Å². The Labute approximate surface area is 81.3 Å². The lowest BCUT2D eigenvalue weighted by Gasteiger charge is -2.04. The summed E-state index contributed by atoms with van der Waals surface area (Å²) in [7, 11) is 0. The third kappa shape index (κ3) is 7.75. The predicted octanol–water partition coefficient (Wildman–Crippen LogP) is 1.09. The molecule has 0 aliphatic carbocycles. The largest absolute Gasteiger partial charge is 0.375 e. The molecule has 1 amide bonds. The summed E-state index contributed by atoms with van der Waals surface area (Å²) in [5.41, 5.74) is 0.988. The van der Waals surface area contributed by atoms with Crippen molar-refractivity contribution in [1.82, 2.24) is 5.32 Å². The molecular weight excluding hydrogens is 222 g/mol. The van der Waals surface area contributed by atoms with E-state index in [-0.39, 0.29) is 5.91 Å². The fourth-order valence-corrected chi connectivity index (χ4v) is 0.755. The summed E-state index contributed by atoms with van der Waals surface area (Å²) in [5, 5.41) is 3.01. The Morgan fingerprint density at radius 1 is 1.67 bits per heavy atom. The van der Waals surface area contributed by atoms with Gasteiger partial charge in [-0.3, -0.25) is 4.79 Å². The van der Waals surface area contributed by atoms with Gasteiger partial charge in [-0.1, -0.05) is 28.1 Å². The van der Waals surface area contributed by atoms with Gasteiger partial charge in [-0.2, -0.15) is 0 Å². The maximum absolute atomic E-state index is 10.7. The van der Waals surface area contributed by atoms with E-state index in [0.717, 1.165) is 5.57 Å². The van der Waals surface area contributed by atoms with Crippen molar-refractivity contribution in [3.8, 4) is 0 Å². The number of rotatable bonds is 6.